The number of imidazole rings is 1. The van der Waals surface area contributed by atoms with Crippen molar-refractivity contribution in [3.63, 3.8) is 0 Å². The summed E-state index contributed by atoms with van der Waals surface area (Å²) in [6.07, 6.45) is 7.88. The highest BCUT2D eigenvalue weighted by Gasteiger charge is 2.26. The molecule has 27 heavy (non-hydrogen) atoms. The van der Waals surface area contributed by atoms with E-state index in [0.29, 0.717) is 6.54 Å². The number of aromatic nitrogens is 3. The van der Waals surface area contributed by atoms with Crippen LogP contribution in [0.25, 0.3) is 0 Å². The first-order chi connectivity index (χ1) is 13.2. The van der Waals surface area contributed by atoms with Gasteiger partial charge in [-0.25, -0.2) is 4.98 Å². The van der Waals surface area contributed by atoms with Crippen LogP contribution in [0.4, 0.5) is 11.4 Å². The SMILES string of the molecule is Cn1cnc2c1CCC(C(=O)NCc1ccc(Nc3ccncc3)cc1)C2. The van der Waals surface area contributed by atoms with E-state index in [-0.39, 0.29) is 11.8 Å². The van der Waals surface area contributed by atoms with Crippen LogP contribution in [0, 0.1) is 5.92 Å². The number of carbonyl (C=O) groups is 1. The van der Waals surface area contributed by atoms with Crippen molar-refractivity contribution in [2.45, 2.75) is 25.8 Å². The van der Waals surface area contributed by atoms with Gasteiger partial charge >= 0.3 is 0 Å². The fraction of sp³-hybridized carbons (Fsp3) is 0.286. The summed E-state index contributed by atoms with van der Waals surface area (Å²) in [7, 11) is 2.01. The number of rotatable bonds is 5. The van der Waals surface area contributed by atoms with E-state index in [1.54, 1.807) is 12.4 Å². The lowest BCUT2D eigenvalue weighted by Crippen LogP contribution is -2.34. The summed E-state index contributed by atoms with van der Waals surface area (Å²) in [6.45, 7) is 0.542. The third kappa shape index (κ3) is 4.00. The molecule has 0 fully saturated rings. The first-order valence-electron chi connectivity index (χ1n) is 9.22. The minimum absolute atomic E-state index is 0.0139. The molecule has 2 heterocycles. The Balaban J connectivity index is 1.30. The van der Waals surface area contributed by atoms with Crippen LogP contribution in [0.15, 0.2) is 55.1 Å². The molecule has 1 aliphatic rings. The van der Waals surface area contributed by atoms with E-state index in [0.717, 1.165) is 41.9 Å². The minimum atomic E-state index is 0.0139. The zero-order chi connectivity index (χ0) is 18.6. The molecule has 138 valence electrons. The molecule has 3 aromatic rings. The number of hydrogen-bond donors (Lipinski definition) is 2. The third-order valence-corrected chi connectivity index (χ3v) is 5.08. The number of hydrogen-bond acceptors (Lipinski definition) is 4. The number of anilines is 2. The van der Waals surface area contributed by atoms with Gasteiger partial charge in [0.05, 0.1) is 12.0 Å². The van der Waals surface area contributed by atoms with E-state index in [2.05, 4.69) is 25.2 Å². The van der Waals surface area contributed by atoms with Gasteiger partial charge in [-0.1, -0.05) is 12.1 Å². The van der Waals surface area contributed by atoms with Gasteiger partial charge in [0.1, 0.15) is 0 Å². The zero-order valence-corrected chi connectivity index (χ0v) is 15.4. The molecular formula is C21H23N5O. The van der Waals surface area contributed by atoms with E-state index >= 15 is 0 Å². The highest BCUT2D eigenvalue weighted by atomic mass is 16.1. The van der Waals surface area contributed by atoms with Crippen LogP contribution in [0.3, 0.4) is 0 Å². The van der Waals surface area contributed by atoms with Crippen molar-refractivity contribution < 1.29 is 4.79 Å². The summed E-state index contributed by atoms with van der Waals surface area (Å²) in [5.74, 6) is 0.130. The van der Waals surface area contributed by atoms with Gasteiger partial charge in [-0.15, -0.1) is 0 Å². The van der Waals surface area contributed by atoms with Crippen molar-refractivity contribution in [3.05, 3.63) is 72.1 Å². The standard InChI is InChI=1S/C21H23N5O/c1-26-14-24-19-12-16(4-7-20(19)26)21(27)23-13-15-2-5-17(6-3-15)25-18-8-10-22-11-9-18/h2-3,5-6,8-11,14,16H,4,7,12-13H2,1H3,(H,22,25)(H,23,27). The normalized spacial score (nSPS) is 15.8. The van der Waals surface area contributed by atoms with E-state index < -0.39 is 0 Å². The fourth-order valence-corrected chi connectivity index (χ4v) is 3.51. The van der Waals surface area contributed by atoms with E-state index in [1.165, 1.54) is 5.69 Å². The maximum Gasteiger partial charge on any atom is 0.223 e. The van der Waals surface area contributed by atoms with Crippen molar-refractivity contribution in [1.29, 1.82) is 0 Å². The number of pyridine rings is 1. The Morgan fingerprint density at radius 2 is 1.89 bits per heavy atom. The van der Waals surface area contributed by atoms with Crippen LogP contribution < -0.4 is 10.6 Å². The minimum Gasteiger partial charge on any atom is -0.355 e. The fourth-order valence-electron chi connectivity index (χ4n) is 3.51. The number of amides is 1. The number of benzene rings is 1. The lowest BCUT2D eigenvalue weighted by molar-refractivity contribution is -0.125. The summed E-state index contributed by atoms with van der Waals surface area (Å²) >= 11 is 0. The monoisotopic (exact) mass is 361 g/mol. The van der Waals surface area contributed by atoms with E-state index in [4.69, 9.17) is 0 Å². The van der Waals surface area contributed by atoms with Gasteiger partial charge < -0.3 is 15.2 Å². The van der Waals surface area contributed by atoms with E-state index in [9.17, 15) is 4.79 Å². The van der Waals surface area contributed by atoms with Gasteiger partial charge in [0.2, 0.25) is 5.91 Å². The highest BCUT2D eigenvalue weighted by molar-refractivity contribution is 5.79. The van der Waals surface area contributed by atoms with Gasteiger partial charge in [0, 0.05) is 55.4 Å². The smallest absolute Gasteiger partial charge is 0.223 e. The van der Waals surface area contributed by atoms with Crippen molar-refractivity contribution >= 4 is 17.3 Å². The quantitative estimate of drug-likeness (QED) is 0.733. The second-order valence-corrected chi connectivity index (χ2v) is 6.96. The molecule has 0 aliphatic heterocycles. The first-order valence-corrected chi connectivity index (χ1v) is 9.22. The van der Waals surface area contributed by atoms with Gasteiger partial charge in [0.25, 0.3) is 0 Å². The second-order valence-electron chi connectivity index (χ2n) is 6.96. The molecule has 0 saturated heterocycles. The van der Waals surface area contributed by atoms with Gasteiger partial charge in [0.15, 0.2) is 0 Å². The number of nitrogens with one attached hydrogen (secondary N) is 2. The molecule has 0 saturated carbocycles. The maximum atomic E-state index is 12.5. The first kappa shape index (κ1) is 17.3. The Morgan fingerprint density at radius 1 is 1.15 bits per heavy atom. The molecule has 0 bridgehead atoms. The Labute approximate surface area is 158 Å². The Morgan fingerprint density at radius 3 is 2.67 bits per heavy atom. The maximum absolute atomic E-state index is 12.5. The summed E-state index contributed by atoms with van der Waals surface area (Å²) in [5.41, 5.74) is 5.41. The third-order valence-electron chi connectivity index (χ3n) is 5.08. The molecule has 1 aromatic carbocycles. The average molecular weight is 361 g/mol. The van der Waals surface area contributed by atoms with Crippen LogP contribution in [0.1, 0.15) is 23.4 Å². The van der Waals surface area contributed by atoms with Gasteiger partial charge in [-0.2, -0.15) is 0 Å². The lowest BCUT2D eigenvalue weighted by Gasteiger charge is -2.21. The van der Waals surface area contributed by atoms with Crippen molar-refractivity contribution in [2.24, 2.45) is 13.0 Å². The summed E-state index contributed by atoms with van der Waals surface area (Å²) < 4.78 is 2.06. The van der Waals surface area contributed by atoms with Crippen LogP contribution >= 0.6 is 0 Å². The lowest BCUT2D eigenvalue weighted by atomic mass is 9.89. The Hall–Kier alpha value is -3.15. The predicted molar refractivity (Wildman–Crippen MR) is 105 cm³/mol. The Kier molecular flexibility index (Phi) is 4.87. The van der Waals surface area contributed by atoms with Gasteiger partial charge in [-0.05, 0) is 42.7 Å². The van der Waals surface area contributed by atoms with Crippen molar-refractivity contribution in [1.82, 2.24) is 19.9 Å². The molecule has 1 atom stereocenters. The second kappa shape index (κ2) is 7.61. The molecule has 1 unspecified atom stereocenters. The molecule has 4 rings (SSSR count). The largest absolute Gasteiger partial charge is 0.355 e. The molecule has 1 amide bonds. The number of nitrogens with zero attached hydrogens (tertiary/aromatic N) is 3. The molecule has 0 radical (unpaired) electrons. The number of aryl methyl sites for hydroxylation is 1. The molecule has 2 N–H and O–H groups in total. The topological polar surface area (TPSA) is 71.8 Å². The zero-order valence-electron chi connectivity index (χ0n) is 15.4. The van der Waals surface area contributed by atoms with Gasteiger partial charge in [-0.3, -0.25) is 9.78 Å². The number of fused-ring (bicyclic) bond motifs is 1. The molecule has 0 spiro atoms. The Bertz CT molecular complexity index is 918. The molecule has 6 nitrogen and oxygen atoms in total. The van der Waals surface area contributed by atoms with Crippen LogP contribution in [-0.4, -0.2) is 20.4 Å². The van der Waals surface area contributed by atoms with Crippen LogP contribution in [0.2, 0.25) is 0 Å². The predicted octanol–water partition coefficient (Wildman–Crippen LogP) is 2.98. The average Bonchev–Trinajstić information content (AvgIpc) is 3.08. The highest BCUT2D eigenvalue weighted by Crippen LogP contribution is 2.24. The summed E-state index contributed by atoms with van der Waals surface area (Å²) in [4.78, 5) is 21.0. The summed E-state index contributed by atoms with van der Waals surface area (Å²) in [6, 6.07) is 11.9. The molecule has 1 aliphatic carbocycles. The van der Waals surface area contributed by atoms with Crippen molar-refractivity contribution in [2.75, 3.05) is 5.32 Å². The molecule has 2 aromatic heterocycles. The van der Waals surface area contributed by atoms with Crippen LogP contribution in [0.5, 0.6) is 0 Å². The summed E-state index contributed by atoms with van der Waals surface area (Å²) in [5, 5.41) is 6.40. The molecular weight excluding hydrogens is 338 g/mol. The number of carbonyl (C=O) groups excluding carboxylic acids is 1. The van der Waals surface area contributed by atoms with Crippen molar-refractivity contribution in [3.8, 4) is 0 Å². The van der Waals surface area contributed by atoms with E-state index in [1.807, 2.05) is 49.8 Å². The molecule has 6 heteroatoms. The van der Waals surface area contributed by atoms with Crippen LogP contribution in [-0.2, 0) is 31.2 Å².